The lowest BCUT2D eigenvalue weighted by atomic mass is 10.1. The molecule has 0 spiro atoms. The minimum atomic E-state index is -0.442. The zero-order valence-corrected chi connectivity index (χ0v) is 8.64. The van der Waals surface area contributed by atoms with Crippen molar-refractivity contribution in [2.75, 3.05) is 5.32 Å². The van der Waals surface area contributed by atoms with Crippen LogP contribution in [0.25, 0.3) is 0 Å². The first-order valence-electron chi connectivity index (χ1n) is 4.33. The van der Waals surface area contributed by atoms with Gasteiger partial charge in [-0.25, -0.2) is 9.37 Å². The predicted molar refractivity (Wildman–Crippen MR) is 51.4 cm³/mol. The number of nitrogens with one attached hydrogen (secondary N) is 1. The third-order valence-electron chi connectivity index (χ3n) is 2.70. The highest BCUT2D eigenvalue weighted by Gasteiger charge is 2.49. The van der Waals surface area contributed by atoms with Crippen molar-refractivity contribution in [2.45, 2.75) is 12.3 Å². The van der Waals surface area contributed by atoms with E-state index in [0.717, 1.165) is 12.1 Å². The second kappa shape index (κ2) is 2.53. The van der Waals surface area contributed by atoms with Crippen molar-refractivity contribution in [1.29, 1.82) is 0 Å². The van der Waals surface area contributed by atoms with Crippen molar-refractivity contribution in [1.82, 2.24) is 4.98 Å². The summed E-state index contributed by atoms with van der Waals surface area (Å²) < 4.78 is 13.3. The van der Waals surface area contributed by atoms with Crippen LogP contribution in [0.2, 0.25) is 0 Å². The Hall–Kier alpha value is -0.970. The summed E-state index contributed by atoms with van der Waals surface area (Å²) in [4.78, 5) is 15.4. The molecule has 0 bridgehead atoms. The van der Waals surface area contributed by atoms with Crippen LogP contribution in [-0.2, 0) is 4.79 Å². The fourth-order valence-electron chi connectivity index (χ4n) is 1.87. The highest BCUT2D eigenvalue weighted by atomic mass is 79.9. The smallest absolute Gasteiger partial charge is 0.228 e. The Morgan fingerprint density at radius 2 is 2.36 bits per heavy atom. The van der Waals surface area contributed by atoms with Gasteiger partial charge in [0.1, 0.15) is 4.60 Å². The summed E-state index contributed by atoms with van der Waals surface area (Å²) >= 11 is 3.04. The summed E-state index contributed by atoms with van der Waals surface area (Å²) in [5.74, 6) is -0.183. The molecule has 1 N–H and O–H groups in total. The number of hydrogen-bond donors (Lipinski definition) is 1. The summed E-state index contributed by atoms with van der Waals surface area (Å²) in [6, 6.07) is 1.32. The molecule has 72 valence electrons. The minimum absolute atomic E-state index is 0.00831. The number of aromatic nitrogens is 1. The van der Waals surface area contributed by atoms with Gasteiger partial charge in [0, 0.05) is 17.9 Å². The third kappa shape index (κ3) is 1.02. The fourth-order valence-corrected chi connectivity index (χ4v) is 2.18. The molecule has 1 saturated carbocycles. The zero-order chi connectivity index (χ0) is 9.87. The van der Waals surface area contributed by atoms with Gasteiger partial charge in [0.15, 0.2) is 5.82 Å². The lowest BCUT2D eigenvalue weighted by Gasteiger charge is -2.15. The van der Waals surface area contributed by atoms with Crippen LogP contribution < -0.4 is 5.32 Å². The summed E-state index contributed by atoms with van der Waals surface area (Å²) in [6.45, 7) is 0. The highest BCUT2D eigenvalue weighted by Crippen LogP contribution is 2.52. The van der Waals surface area contributed by atoms with Crippen LogP contribution in [-0.4, -0.2) is 10.9 Å². The number of halogens is 2. The first kappa shape index (κ1) is 8.35. The molecule has 1 aliphatic carbocycles. The number of fused-ring (bicyclic) bond motifs is 3. The average molecular weight is 257 g/mol. The topological polar surface area (TPSA) is 42.0 Å². The lowest BCUT2D eigenvalue weighted by molar-refractivity contribution is -0.117. The Kier molecular flexibility index (Phi) is 1.51. The fraction of sp³-hybridized carbons (Fsp3) is 0.333. The first-order valence-corrected chi connectivity index (χ1v) is 5.13. The molecule has 0 radical (unpaired) electrons. The minimum Gasteiger partial charge on any atom is -0.324 e. The molecule has 2 aliphatic rings. The SMILES string of the molecule is O=C1Nc2cc(F)c(Br)nc2[C@H]2C[C@@H]12. The molecule has 3 nitrogen and oxygen atoms in total. The maximum absolute atomic E-state index is 13.1. The number of rotatable bonds is 0. The Labute approximate surface area is 87.8 Å². The summed E-state index contributed by atoms with van der Waals surface area (Å²) in [5.41, 5.74) is 1.33. The lowest BCUT2D eigenvalue weighted by Crippen LogP contribution is -2.20. The molecule has 3 rings (SSSR count). The normalized spacial score (nSPS) is 27.7. The molecule has 0 saturated heterocycles. The van der Waals surface area contributed by atoms with E-state index in [0.29, 0.717) is 5.69 Å². The van der Waals surface area contributed by atoms with Crippen molar-refractivity contribution >= 4 is 27.5 Å². The summed E-state index contributed by atoms with van der Waals surface area (Å²) in [6.07, 6.45) is 0.837. The number of carbonyl (C=O) groups excluding carboxylic acids is 1. The van der Waals surface area contributed by atoms with Gasteiger partial charge in [0.05, 0.1) is 11.4 Å². The van der Waals surface area contributed by atoms with Crippen molar-refractivity contribution in [3.63, 3.8) is 0 Å². The zero-order valence-electron chi connectivity index (χ0n) is 7.05. The number of hydrogen-bond acceptors (Lipinski definition) is 2. The summed E-state index contributed by atoms with van der Waals surface area (Å²) in [5, 5.41) is 2.66. The number of nitrogens with zero attached hydrogens (tertiary/aromatic N) is 1. The molecule has 14 heavy (non-hydrogen) atoms. The molecule has 0 unspecified atom stereocenters. The molecular weight excluding hydrogens is 251 g/mol. The highest BCUT2D eigenvalue weighted by molar-refractivity contribution is 9.10. The van der Waals surface area contributed by atoms with Crippen LogP contribution in [0.4, 0.5) is 10.1 Å². The third-order valence-corrected chi connectivity index (χ3v) is 3.26. The molecule has 1 amide bonds. The maximum atomic E-state index is 13.1. The molecule has 0 aromatic carbocycles. The monoisotopic (exact) mass is 256 g/mol. The van der Waals surface area contributed by atoms with Crippen LogP contribution in [0.3, 0.4) is 0 Å². The van der Waals surface area contributed by atoms with Gasteiger partial charge in [-0.15, -0.1) is 0 Å². The Bertz CT molecular complexity index is 449. The van der Waals surface area contributed by atoms with Crippen molar-refractivity contribution in [3.05, 3.63) is 22.2 Å². The van der Waals surface area contributed by atoms with Gasteiger partial charge in [0.25, 0.3) is 0 Å². The molecule has 2 atom stereocenters. The van der Waals surface area contributed by atoms with E-state index in [1.54, 1.807) is 0 Å². The largest absolute Gasteiger partial charge is 0.324 e. The molecule has 1 aromatic rings. The summed E-state index contributed by atoms with van der Waals surface area (Å²) in [7, 11) is 0. The van der Waals surface area contributed by atoms with E-state index in [2.05, 4.69) is 26.2 Å². The van der Waals surface area contributed by atoms with Gasteiger partial charge in [-0.2, -0.15) is 0 Å². The predicted octanol–water partition coefficient (Wildman–Crippen LogP) is 2.04. The second-order valence-corrected chi connectivity index (χ2v) is 4.38. The molecule has 1 fully saturated rings. The standard InChI is InChI=1S/C9H6BrFN2O/c10-8-5(11)2-6-7(13-8)3-1-4(3)9(14)12-6/h2-4H,1H2,(H,12,14)/t3-,4+/m0/s1. The second-order valence-electron chi connectivity index (χ2n) is 3.63. The van der Waals surface area contributed by atoms with Gasteiger partial charge < -0.3 is 5.32 Å². The quantitative estimate of drug-likeness (QED) is 0.722. The van der Waals surface area contributed by atoms with Crippen LogP contribution >= 0.6 is 15.9 Å². The maximum Gasteiger partial charge on any atom is 0.228 e. The Morgan fingerprint density at radius 3 is 3.14 bits per heavy atom. The van der Waals surface area contributed by atoms with Gasteiger partial charge in [-0.3, -0.25) is 4.79 Å². The Morgan fingerprint density at radius 1 is 1.57 bits per heavy atom. The van der Waals surface area contributed by atoms with Crippen molar-refractivity contribution in [3.8, 4) is 0 Å². The number of anilines is 1. The number of pyridine rings is 1. The Balaban J connectivity index is 2.17. The van der Waals surface area contributed by atoms with Crippen molar-refractivity contribution in [2.24, 2.45) is 5.92 Å². The van der Waals surface area contributed by atoms with E-state index in [1.165, 1.54) is 6.07 Å². The van der Waals surface area contributed by atoms with E-state index in [1.807, 2.05) is 0 Å². The number of carbonyl (C=O) groups is 1. The van der Waals surface area contributed by atoms with Crippen LogP contribution in [0, 0.1) is 11.7 Å². The molecule has 5 heteroatoms. The molecule has 1 aromatic heterocycles. The van der Waals surface area contributed by atoms with Crippen LogP contribution in [0.5, 0.6) is 0 Å². The molecule has 2 heterocycles. The van der Waals surface area contributed by atoms with Gasteiger partial charge in [-0.05, 0) is 22.4 Å². The first-order chi connectivity index (χ1) is 6.66. The molecular formula is C9H6BrFN2O. The molecule has 1 aliphatic heterocycles. The van der Waals surface area contributed by atoms with E-state index in [4.69, 9.17) is 0 Å². The number of amides is 1. The van der Waals surface area contributed by atoms with E-state index < -0.39 is 5.82 Å². The van der Waals surface area contributed by atoms with Crippen molar-refractivity contribution < 1.29 is 9.18 Å². The van der Waals surface area contributed by atoms with E-state index in [-0.39, 0.29) is 22.3 Å². The van der Waals surface area contributed by atoms with Crippen LogP contribution in [0.15, 0.2) is 10.7 Å². The van der Waals surface area contributed by atoms with E-state index in [9.17, 15) is 9.18 Å². The van der Waals surface area contributed by atoms with E-state index >= 15 is 0 Å². The van der Waals surface area contributed by atoms with Crippen LogP contribution in [0.1, 0.15) is 18.0 Å². The van der Waals surface area contributed by atoms with Gasteiger partial charge >= 0.3 is 0 Å². The average Bonchev–Trinajstić information content (AvgIpc) is 2.89. The van der Waals surface area contributed by atoms with Gasteiger partial charge in [-0.1, -0.05) is 0 Å². The van der Waals surface area contributed by atoms with Gasteiger partial charge in [0.2, 0.25) is 5.91 Å².